The lowest BCUT2D eigenvalue weighted by Crippen LogP contribution is -2.01. The molecule has 0 aliphatic heterocycles. The van der Waals surface area contributed by atoms with Crippen molar-refractivity contribution in [3.05, 3.63) is 65.3 Å². The Labute approximate surface area is 150 Å². The van der Waals surface area contributed by atoms with Crippen molar-refractivity contribution in [1.82, 2.24) is 9.78 Å². The van der Waals surface area contributed by atoms with E-state index in [2.05, 4.69) is 5.10 Å². The lowest BCUT2D eigenvalue weighted by Gasteiger charge is -2.08. The molecular formula is C19H17ClN2O3. The molecule has 0 aliphatic carbocycles. The van der Waals surface area contributed by atoms with Gasteiger partial charge in [0.1, 0.15) is 5.75 Å². The number of aryl methyl sites for hydroxylation is 1. The van der Waals surface area contributed by atoms with Crippen LogP contribution in [0.15, 0.2) is 54.6 Å². The van der Waals surface area contributed by atoms with Gasteiger partial charge < -0.3 is 9.84 Å². The number of benzene rings is 2. The van der Waals surface area contributed by atoms with Crippen molar-refractivity contribution >= 4 is 17.6 Å². The highest BCUT2D eigenvalue weighted by Crippen LogP contribution is 2.26. The minimum atomic E-state index is -0.841. The summed E-state index contributed by atoms with van der Waals surface area (Å²) in [4.78, 5) is 10.8. The molecule has 0 saturated carbocycles. The highest BCUT2D eigenvalue weighted by Gasteiger charge is 2.13. The summed E-state index contributed by atoms with van der Waals surface area (Å²) in [7, 11) is 1.62. The molecule has 1 aromatic heterocycles. The topological polar surface area (TPSA) is 64.4 Å². The second-order valence-electron chi connectivity index (χ2n) is 5.53. The Morgan fingerprint density at radius 3 is 2.44 bits per heavy atom. The van der Waals surface area contributed by atoms with Crippen LogP contribution in [-0.2, 0) is 11.2 Å². The second kappa shape index (κ2) is 7.40. The molecule has 2 aromatic carbocycles. The molecule has 0 atom stereocenters. The smallest absolute Gasteiger partial charge is 0.303 e. The van der Waals surface area contributed by atoms with Crippen LogP contribution in [0.2, 0.25) is 5.02 Å². The summed E-state index contributed by atoms with van der Waals surface area (Å²) in [6.45, 7) is 0. The number of rotatable bonds is 6. The van der Waals surface area contributed by atoms with E-state index in [4.69, 9.17) is 21.4 Å². The van der Waals surface area contributed by atoms with Crippen molar-refractivity contribution in [3.8, 4) is 22.7 Å². The first-order valence-electron chi connectivity index (χ1n) is 7.78. The predicted molar refractivity (Wildman–Crippen MR) is 96.5 cm³/mol. The molecule has 0 fully saturated rings. The number of nitrogens with zero attached hydrogens (tertiary/aromatic N) is 2. The maximum atomic E-state index is 10.8. The average Bonchev–Trinajstić information content (AvgIpc) is 3.05. The lowest BCUT2D eigenvalue weighted by molar-refractivity contribution is -0.136. The maximum absolute atomic E-state index is 10.8. The first kappa shape index (κ1) is 17.0. The summed E-state index contributed by atoms with van der Waals surface area (Å²) < 4.78 is 7.00. The Bertz CT molecular complexity index is 871. The Morgan fingerprint density at radius 2 is 1.84 bits per heavy atom. The molecule has 1 heterocycles. The summed E-state index contributed by atoms with van der Waals surface area (Å²) in [5.74, 6) is -0.0814. The molecule has 0 saturated heterocycles. The van der Waals surface area contributed by atoms with E-state index >= 15 is 0 Å². The van der Waals surface area contributed by atoms with Crippen LogP contribution in [0.25, 0.3) is 16.9 Å². The Balaban J connectivity index is 2.03. The van der Waals surface area contributed by atoms with Gasteiger partial charge >= 0.3 is 5.97 Å². The molecule has 128 valence electrons. The van der Waals surface area contributed by atoms with Crippen molar-refractivity contribution in [2.24, 2.45) is 0 Å². The zero-order valence-corrected chi connectivity index (χ0v) is 14.4. The highest BCUT2D eigenvalue weighted by molar-refractivity contribution is 6.30. The molecular weight excluding hydrogens is 340 g/mol. The third-order valence-corrected chi connectivity index (χ3v) is 4.06. The van der Waals surface area contributed by atoms with Crippen LogP contribution in [-0.4, -0.2) is 28.0 Å². The van der Waals surface area contributed by atoms with Crippen LogP contribution in [0.4, 0.5) is 0 Å². The predicted octanol–water partition coefficient (Wildman–Crippen LogP) is 4.22. The number of aromatic nitrogens is 2. The number of hydrogen-bond acceptors (Lipinski definition) is 3. The van der Waals surface area contributed by atoms with Gasteiger partial charge in [0, 0.05) is 17.0 Å². The molecule has 0 bridgehead atoms. The fourth-order valence-electron chi connectivity index (χ4n) is 2.53. The van der Waals surface area contributed by atoms with Crippen molar-refractivity contribution < 1.29 is 14.6 Å². The standard InChI is InChI=1S/C19H17ClN2O3/c1-25-17-9-7-16(8-10-17)22-18(13-2-4-14(20)5-3-13)12-15(21-22)6-11-19(23)24/h2-5,7-10,12H,6,11H2,1H3,(H,23,24). The zero-order chi connectivity index (χ0) is 17.8. The van der Waals surface area contributed by atoms with E-state index in [-0.39, 0.29) is 6.42 Å². The van der Waals surface area contributed by atoms with Gasteiger partial charge in [-0.15, -0.1) is 0 Å². The SMILES string of the molecule is COc1ccc(-n2nc(CCC(=O)O)cc2-c2ccc(Cl)cc2)cc1. The molecule has 0 amide bonds. The average molecular weight is 357 g/mol. The molecule has 6 heteroatoms. The van der Waals surface area contributed by atoms with Crippen LogP contribution >= 0.6 is 11.6 Å². The molecule has 3 rings (SSSR count). The van der Waals surface area contributed by atoms with Crippen LogP contribution in [0.3, 0.4) is 0 Å². The minimum Gasteiger partial charge on any atom is -0.497 e. The van der Waals surface area contributed by atoms with Gasteiger partial charge in [0.05, 0.1) is 30.6 Å². The molecule has 0 unspecified atom stereocenters. The van der Waals surface area contributed by atoms with Gasteiger partial charge in [-0.25, -0.2) is 4.68 Å². The van der Waals surface area contributed by atoms with Gasteiger partial charge in [0.25, 0.3) is 0 Å². The third kappa shape index (κ3) is 4.00. The largest absolute Gasteiger partial charge is 0.497 e. The quantitative estimate of drug-likeness (QED) is 0.718. The normalized spacial score (nSPS) is 10.6. The monoisotopic (exact) mass is 356 g/mol. The van der Waals surface area contributed by atoms with Crippen LogP contribution in [0.5, 0.6) is 5.75 Å². The van der Waals surface area contributed by atoms with E-state index in [0.717, 1.165) is 28.4 Å². The number of halogens is 1. The molecule has 5 nitrogen and oxygen atoms in total. The number of ether oxygens (including phenoxy) is 1. The van der Waals surface area contributed by atoms with E-state index < -0.39 is 5.97 Å². The summed E-state index contributed by atoms with van der Waals surface area (Å²) in [5, 5.41) is 14.2. The molecule has 3 aromatic rings. The third-order valence-electron chi connectivity index (χ3n) is 3.81. The summed E-state index contributed by atoms with van der Waals surface area (Å²) >= 11 is 5.98. The van der Waals surface area contributed by atoms with Gasteiger partial charge in [-0.2, -0.15) is 5.10 Å². The van der Waals surface area contributed by atoms with Gasteiger partial charge in [-0.05, 0) is 42.5 Å². The molecule has 25 heavy (non-hydrogen) atoms. The first-order valence-corrected chi connectivity index (χ1v) is 8.16. The van der Waals surface area contributed by atoms with Gasteiger partial charge in [-0.3, -0.25) is 4.79 Å². The van der Waals surface area contributed by atoms with Crippen molar-refractivity contribution in [2.45, 2.75) is 12.8 Å². The lowest BCUT2D eigenvalue weighted by atomic mass is 10.1. The van der Waals surface area contributed by atoms with E-state index in [1.807, 2.05) is 54.6 Å². The van der Waals surface area contributed by atoms with Crippen LogP contribution in [0, 0.1) is 0 Å². The summed E-state index contributed by atoms with van der Waals surface area (Å²) in [5.41, 5.74) is 3.42. The van der Waals surface area contributed by atoms with Crippen molar-refractivity contribution in [2.75, 3.05) is 7.11 Å². The van der Waals surface area contributed by atoms with Gasteiger partial charge in [0.2, 0.25) is 0 Å². The Morgan fingerprint density at radius 1 is 1.16 bits per heavy atom. The Kier molecular flexibility index (Phi) is 5.05. The second-order valence-corrected chi connectivity index (χ2v) is 5.97. The molecule has 0 radical (unpaired) electrons. The van der Waals surface area contributed by atoms with E-state index in [1.54, 1.807) is 11.8 Å². The van der Waals surface area contributed by atoms with E-state index in [9.17, 15) is 4.79 Å². The minimum absolute atomic E-state index is 0.0414. The number of hydrogen-bond donors (Lipinski definition) is 1. The van der Waals surface area contributed by atoms with Crippen LogP contribution in [0.1, 0.15) is 12.1 Å². The number of carboxylic acids is 1. The molecule has 0 aliphatic rings. The first-order chi connectivity index (χ1) is 12.1. The van der Waals surface area contributed by atoms with Gasteiger partial charge in [0.15, 0.2) is 0 Å². The van der Waals surface area contributed by atoms with Crippen molar-refractivity contribution in [3.63, 3.8) is 0 Å². The maximum Gasteiger partial charge on any atom is 0.303 e. The summed E-state index contributed by atoms with van der Waals surface area (Å²) in [6, 6.07) is 16.9. The number of carbonyl (C=O) groups is 1. The number of carboxylic acid groups (broad SMARTS) is 1. The van der Waals surface area contributed by atoms with Crippen LogP contribution < -0.4 is 4.74 Å². The Hall–Kier alpha value is -2.79. The van der Waals surface area contributed by atoms with Gasteiger partial charge in [-0.1, -0.05) is 23.7 Å². The number of aliphatic carboxylic acids is 1. The fraction of sp³-hybridized carbons (Fsp3) is 0.158. The zero-order valence-electron chi connectivity index (χ0n) is 13.6. The molecule has 1 N–H and O–H groups in total. The summed E-state index contributed by atoms with van der Waals surface area (Å²) in [6.07, 6.45) is 0.415. The van der Waals surface area contributed by atoms with E-state index in [0.29, 0.717) is 11.4 Å². The van der Waals surface area contributed by atoms with E-state index in [1.165, 1.54) is 0 Å². The van der Waals surface area contributed by atoms with Crippen molar-refractivity contribution in [1.29, 1.82) is 0 Å². The fourth-order valence-corrected chi connectivity index (χ4v) is 2.66. The highest BCUT2D eigenvalue weighted by atomic mass is 35.5. The number of methoxy groups -OCH3 is 1. The molecule has 0 spiro atoms.